The molecule has 0 aromatic heterocycles. The van der Waals surface area contributed by atoms with Crippen molar-refractivity contribution >= 4 is 21.6 Å². The number of piperazine rings is 1. The van der Waals surface area contributed by atoms with E-state index in [0.29, 0.717) is 26.2 Å². The average molecular weight is 407 g/mol. The maximum Gasteiger partial charge on any atom is 0.241 e. The largest absolute Gasteiger partial charge is 0.497 e. The molecule has 2 aromatic carbocycles. The van der Waals surface area contributed by atoms with Crippen LogP contribution in [-0.2, 0) is 14.8 Å². The van der Waals surface area contributed by atoms with Crippen molar-refractivity contribution < 1.29 is 22.3 Å². The van der Waals surface area contributed by atoms with Gasteiger partial charge in [-0.1, -0.05) is 6.07 Å². The van der Waals surface area contributed by atoms with Crippen LogP contribution < -0.4 is 14.4 Å². The number of nitrogens with one attached hydrogen (secondary N) is 1. The summed E-state index contributed by atoms with van der Waals surface area (Å²) < 4.78 is 44.9. The van der Waals surface area contributed by atoms with Crippen LogP contribution in [0.3, 0.4) is 0 Å². The molecule has 1 aliphatic heterocycles. The Hall–Kier alpha value is -2.65. The first-order valence-corrected chi connectivity index (χ1v) is 10.3. The number of methoxy groups -OCH3 is 1. The summed E-state index contributed by atoms with van der Waals surface area (Å²) in [7, 11) is -2.25. The van der Waals surface area contributed by atoms with Crippen molar-refractivity contribution in [3.8, 4) is 5.75 Å². The Morgan fingerprint density at radius 1 is 1.11 bits per heavy atom. The molecule has 0 spiro atoms. The van der Waals surface area contributed by atoms with Gasteiger partial charge >= 0.3 is 0 Å². The van der Waals surface area contributed by atoms with E-state index in [2.05, 4.69) is 9.62 Å². The van der Waals surface area contributed by atoms with Crippen LogP contribution in [0.25, 0.3) is 0 Å². The Bertz CT molecular complexity index is 926. The molecule has 1 saturated heterocycles. The molecule has 150 valence electrons. The van der Waals surface area contributed by atoms with Gasteiger partial charge in [-0.25, -0.2) is 17.5 Å². The molecule has 0 atom stereocenters. The van der Waals surface area contributed by atoms with E-state index in [4.69, 9.17) is 4.74 Å². The molecule has 1 heterocycles. The average Bonchev–Trinajstić information content (AvgIpc) is 2.72. The molecule has 0 unspecified atom stereocenters. The number of halogens is 1. The standard InChI is InChI=1S/C19H22FN3O4S/c1-27-17-4-2-3-16(13-17)22-9-11-23(12-10-22)19(24)14-21-28(25,26)18-7-5-15(20)6-8-18/h2-8,13,21H,9-12,14H2,1H3. The highest BCUT2D eigenvalue weighted by atomic mass is 32.2. The van der Waals surface area contributed by atoms with Crippen LogP contribution in [0.4, 0.5) is 10.1 Å². The third-order valence-corrected chi connectivity index (χ3v) is 6.01. The summed E-state index contributed by atoms with van der Waals surface area (Å²) in [5, 5.41) is 0. The first-order valence-electron chi connectivity index (χ1n) is 8.81. The molecule has 0 saturated carbocycles. The molecule has 7 nitrogen and oxygen atoms in total. The first kappa shape index (κ1) is 20.1. The van der Waals surface area contributed by atoms with Crippen LogP contribution in [0.1, 0.15) is 0 Å². The van der Waals surface area contributed by atoms with Crippen molar-refractivity contribution in [1.29, 1.82) is 0 Å². The Kier molecular flexibility index (Phi) is 6.15. The lowest BCUT2D eigenvalue weighted by molar-refractivity contribution is -0.130. The van der Waals surface area contributed by atoms with Gasteiger partial charge in [0.1, 0.15) is 11.6 Å². The van der Waals surface area contributed by atoms with Crippen LogP contribution in [0.5, 0.6) is 5.75 Å². The lowest BCUT2D eigenvalue weighted by Gasteiger charge is -2.36. The summed E-state index contributed by atoms with van der Waals surface area (Å²) in [6.07, 6.45) is 0. The molecule has 0 radical (unpaired) electrons. The highest BCUT2D eigenvalue weighted by Gasteiger charge is 2.23. The number of carbonyl (C=O) groups is 1. The van der Waals surface area contributed by atoms with Gasteiger partial charge in [0.25, 0.3) is 0 Å². The van der Waals surface area contributed by atoms with Crippen molar-refractivity contribution in [2.45, 2.75) is 4.90 Å². The molecule has 1 fully saturated rings. The fraction of sp³-hybridized carbons (Fsp3) is 0.316. The molecule has 1 aliphatic rings. The Balaban J connectivity index is 1.53. The number of anilines is 1. The first-order chi connectivity index (χ1) is 13.4. The second-order valence-corrected chi connectivity index (χ2v) is 8.11. The Morgan fingerprint density at radius 2 is 1.79 bits per heavy atom. The van der Waals surface area contributed by atoms with Crippen LogP contribution in [0.15, 0.2) is 53.4 Å². The second-order valence-electron chi connectivity index (χ2n) is 6.35. The normalized spacial score (nSPS) is 14.8. The van der Waals surface area contributed by atoms with Crippen molar-refractivity contribution in [2.75, 3.05) is 44.7 Å². The molecule has 9 heteroatoms. The van der Waals surface area contributed by atoms with Crippen molar-refractivity contribution in [3.05, 3.63) is 54.3 Å². The topological polar surface area (TPSA) is 79.0 Å². The summed E-state index contributed by atoms with van der Waals surface area (Å²) in [6.45, 7) is 1.94. The van der Waals surface area contributed by atoms with Gasteiger partial charge in [-0.3, -0.25) is 4.79 Å². The van der Waals surface area contributed by atoms with E-state index in [9.17, 15) is 17.6 Å². The molecule has 2 aromatic rings. The number of amides is 1. The minimum absolute atomic E-state index is 0.0791. The van der Waals surface area contributed by atoms with Gasteiger partial charge in [0.2, 0.25) is 15.9 Å². The van der Waals surface area contributed by atoms with Crippen LogP contribution in [-0.4, -0.2) is 59.1 Å². The number of nitrogens with zero attached hydrogens (tertiary/aromatic N) is 2. The summed E-state index contributed by atoms with van der Waals surface area (Å²) >= 11 is 0. The van der Waals surface area contributed by atoms with Gasteiger partial charge in [-0.15, -0.1) is 0 Å². The van der Waals surface area contributed by atoms with Crippen molar-refractivity contribution in [1.82, 2.24) is 9.62 Å². The monoisotopic (exact) mass is 407 g/mol. The quantitative estimate of drug-likeness (QED) is 0.785. The van der Waals surface area contributed by atoms with Crippen LogP contribution >= 0.6 is 0 Å². The molecule has 1 N–H and O–H groups in total. The third kappa shape index (κ3) is 4.79. The molecule has 28 heavy (non-hydrogen) atoms. The summed E-state index contributed by atoms with van der Waals surface area (Å²) in [5.74, 6) is -0.0499. The molecule has 3 rings (SSSR count). The van der Waals surface area contributed by atoms with Crippen LogP contribution in [0.2, 0.25) is 0 Å². The van der Waals surface area contributed by atoms with Crippen LogP contribution in [0, 0.1) is 5.82 Å². The van der Waals surface area contributed by atoms with E-state index in [1.807, 2.05) is 24.3 Å². The zero-order valence-electron chi connectivity index (χ0n) is 15.5. The summed E-state index contributed by atoms with van der Waals surface area (Å²) in [6, 6.07) is 12.2. The van der Waals surface area contributed by atoms with Crippen molar-refractivity contribution in [3.63, 3.8) is 0 Å². The fourth-order valence-electron chi connectivity index (χ4n) is 2.99. The van der Waals surface area contributed by atoms with Gasteiger partial charge in [0.15, 0.2) is 0 Å². The Labute approximate surface area is 163 Å². The number of carbonyl (C=O) groups excluding carboxylic acids is 1. The molecular formula is C19H22FN3O4S. The number of hydrogen-bond acceptors (Lipinski definition) is 5. The Morgan fingerprint density at radius 3 is 2.43 bits per heavy atom. The van der Waals surface area contributed by atoms with E-state index in [0.717, 1.165) is 35.7 Å². The molecule has 0 aliphatic carbocycles. The molecule has 0 bridgehead atoms. The maximum atomic E-state index is 12.9. The second kappa shape index (κ2) is 8.57. The lowest BCUT2D eigenvalue weighted by Crippen LogP contribution is -2.51. The van der Waals surface area contributed by atoms with Gasteiger partial charge in [0, 0.05) is 37.9 Å². The lowest BCUT2D eigenvalue weighted by atomic mass is 10.2. The third-order valence-electron chi connectivity index (χ3n) is 4.59. The van der Waals surface area contributed by atoms with Gasteiger partial charge in [-0.05, 0) is 36.4 Å². The summed E-state index contributed by atoms with van der Waals surface area (Å²) in [4.78, 5) is 16.1. The maximum absolute atomic E-state index is 12.9. The number of benzene rings is 2. The number of ether oxygens (including phenoxy) is 1. The summed E-state index contributed by atoms with van der Waals surface area (Å²) in [5.41, 5.74) is 1.02. The number of rotatable bonds is 6. The minimum atomic E-state index is -3.86. The smallest absolute Gasteiger partial charge is 0.241 e. The molecule has 1 amide bonds. The SMILES string of the molecule is COc1cccc(N2CCN(C(=O)CNS(=O)(=O)c3ccc(F)cc3)CC2)c1. The van der Waals surface area contributed by atoms with E-state index in [1.165, 1.54) is 0 Å². The van der Waals surface area contributed by atoms with Gasteiger partial charge < -0.3 is 14.5 Å². The highest BCUT2D eigenvalue weighted by molar-refractivity contribution is 7.89. The van der Waals surface area contributed by atoms with E-state index < -0.39 is 15.8 Å². The van der Waals surface area contributed by atoms with Gasteiger partial charge in [0.05, 0.1) is 18.6 Å². The van der Waals surface area contributed by atoms with E-state index in [1.54, 1.807) is 12.0 Å². The van der Waals surface area contributed by atoms with E-state index in [-0.39, 0.29) is 17.3 Å². The fourth-order valence-corrected chi connectivity index (χ4v) is 3.96. The van der Waals surface area contributed by atoms with Crippen molar-refractivity contribution in [2.24, 2.45) is 0 Å². The number of hydrogen-bond donors (Lipinski definition) is 1. The number of sulfonamides is 1. The van der Waals surface area contributed by atoms with E-state index >= 15 is 0 Å². The van der Waals surface area contributed by atoms with Gasteiger partial charge in [-0.2, -0.15) is 0 Å². The predicted octanol–water partition coefficient (Wildman–Crippen LogP) is 1.46. The zero-order chi connectivity index (χ0) is 20.1. The minimum Gasteiger partial charge on any atom is -0.497 e. The zero-order valence-corrected chi connectivity index (χ0v) is 16.3. The highest BCUT2D eigenvalue weighted by Crippen LogP contribution is 2.22. The molecular weight excluding hydrogens is 385 g/mol. The predicted molar refractivity (Wildman–Crippen MR) is 103 cm³/mol.